The molecule has 0 aromatic heterocycles. The molecule has 1 fully saturated rings. The molecule has 0 aliphatic heterocycles. The first-order valence-electron chi connectivity index (χ1n) is 7.81. The summed E-state index contributed by atoms with van der Waals surface area (Å²) in [6.07, 6.45) is 7.83. The molecule has 1 saturated carbocycles. The Labute approximate surface area is 128 Å². The van der Waals surface area contributed by atoms with E-state index in [4.69, 9.17) is 17.3 Å². The zero-order chi connectivity index (χ0) is 14.5. The molecule has 1 aromatic carbocycles. The first kappa shape index (κ1) is 15.7. The van der Waals surface area contributed by atoms with Crippen molar-refractivity contribution in [3.05, 3.63) is 28.8 Å². The number of halogens is 1. The molecule has 1 atom stereocenters. The fourth-order valence-electron chi connectivity index (χ4n) is 3.29. The van der Waals surface area contributed by atoms with E-state index < -0.39 is 0 Å². The lowest BCUT2D eigenvalue weighted by Crippen LogP contribution is -2.28. The van der Waals surface area contributed by atoms with E-state index in [0.717, 1.165) is 23.9 Å². The minimum absolute atomic E-state index is 0.162. The van der Waals surface area contributed by atoms with Crippen LogP contribution < -0.4 is 10.6 Å². The zero-order valence-electron chi connectivity index (χ0n) is 12.7. The van der Waals surface area contributed by atoms with Gasteiger partial charge in [0, 0.05) is 30.3 Å². The zero-order valence-corrected chi connectivity index (χ0v) is 13.5. The van der Waals surface area contributed by atoms with Crippen LogP contribution in [0, 0.1) is 5.92 Å². The highest BCUT2D eigenvalue weighted by Crippen LogP contribution is 2.29. The van der Waals surface area contributed by atoms with Crippen LogP contribution in [0.1, 0.15) is 44.6 Å². The van der Waals surface area contributed by atoms with Crippen molar-refractivity contribution in [3.8, 4) is 0 Å². The van der Waals surface area contributed by atoms with Crippen LogP contribution in [-0.2, 0) is 6.42 Å². The topological polar surface area (TPSA) is 29.3 Å². The summed E-state index contributed by atoms with van der Waals surface area (Å²) >= 11 is 6.14. The number of rotatable bonds is 5. The monoisotopic (exact) mass is 294 g/mol. The van der Waals surface area contributed by atoms with E-state index in [1.165, 1.54) is 43.4 Å². The van der Waals surface area contributed by atoms with Gasteiger partial charge in [-0.3, -0.25) is 0 Å². The fraction of sp³-hybridized carbons (Fsp3) is 0.647. The second-order valence-electron chi connectivity index (χ2n) is 6.34. The van der Waals surface area contributed by atoms with Gasteiger partial charge in [-0.1, -0.05) is 30.9 Å². The molecule has 1 aliphatic carbocycles. The van der Waals surface area contributed by atoms with Crippen molar-refractivity contribution in [2.75, 3.05) is 18.5 Å². The van der Waals surface area contributed by atoms with Gasteiger partial charge in [-0.15, -0.1) is 0 Å². The summed E-state index contributed by atoms with van der Waals surface area (Å²) in [4.78, 5) is 2.39. The molecular weight excluding hydrogens is 268 g/mol. The average Bonchev–Trinajstić information content (AvgIpc) is 2.39. The first-order chi connectivity index (χ1) is 9.56. The lowest BCUT2D eigenvalue weighted by atomic mass is 9.89. The average molecular weight is 295 g/mol. The minimum Gasteiger partial charge on any atom is -0.374 e. The predicted molar refractivity (Wildman–Crippen MR) is 88.7 cm³/mol. The van der Waals surface area contributed by atoms with Crippen molar-refractivity contribution < 1.29 is 0 Å². The Morgan fingerprint density at radius 3 is 2.65 bits per heavy atom. The van der Waals surface area contributed by atoms with Crippen LogP contribution in [0.4, 0.5) is 5.69 Å². The SMILES string of the molecule is CC(N)Cc1cc(Cl)ccc1N(C)CC1CCCCC1. The smallest absolute Gasteiger partial charge is 0.0410 e. The van der Waals surface area contributed by atoms with E-state index >= 15 is 0 Å². The molecule has 2 rings (SSSR count). The molecule has 0 spiro atoms. The summed E-state index contributed by atoms with van der Waals surface area (Å²) in [5, 5.41) is 0.801. The fourth-order valence-corrected chi connectivity index (χ4v) is 3.49. The van der Waals surface area contributed by atoms with Crippen LogP contribution in [0.2, 0.25) is 5.02 Å². The van der Waals surface area contributed by atoms with Gasteiger partial charge in [0.15, 0.2) is 0 Å². The van der Waals surface area contributed by atoms with Crippen LogP contribution in [0.3, 0.4) is 0 Å². The molecule has 1 unspecified atom stereocenters. The third kappa shape index (κ3) is 4.39. The normalized spacial score (nSPS) is 18.0. The van der Waals surface area contributed by atoms with Gasteiger partial charge in [-0.05, 0) is 55.9 Å². The highest BCUT2D eigenvalue weighted by Gasteiger charge is 2.17. The highest BCUT2D eigenvalue weighted by molar-refractivity contribution is 6.30. The summed E-state index contributed by atoms with van der Waals surface area (Å²) in [6.45, 7) is 3.19. The number of hydrogen-bond acceptors (Lipinski definition) is 2. The summed E-state index contributed by atoms with van der Waals surface area (Å²) in [6, 6.07) is 6.36. The van der Waals surface area contributed by atoms with Crippen LogP contribution in [0.25, 0.3) is 0 Å². The second-order valence-corrected chi connectivity index (χ2v) is 6.78. The maximum atomic E-state index is 6.14. The van der Waals surface area contributed by atoms with E-state index in [-0.39, 0.29) is 6.04 Å². The van der Waals surface area contributed by atoms with E-state index in [1.807, 2.05) is 13.0 Å². The van der Waals surface area contributed by atoms with E-state index in [2.05, 4.69) is 24.1 Å². The molecule has 0 radical (unpaired) electrons. The lowest BCUT2D eigenvalue weighted by Gasteiger charge is -2.30. The van der Waals surface area contributed by atoms with Gasteiger partial charge in [0.05, 0.1) is 0 Å². The molecular formula is C17H27ClN2. The molecule has 1 aliphatic rings. The van der Waals surface area contributed by atoms with E-state index in [9.17, 15) is 0 Å². The molecule has 0 amide bonds. The van der Waals surface area contributed by atoms with Gasteiger partial charge >= 0.3 is 0 Å². The Hall–Kier alpha value is -0.730. The Balaban J connectivity index is 2.09. The molecule has 1 aromatic rings. The third-order valence-corrected chi connectivity index (χ3v) is 4.49. The van der Waals surface area contributed by atoms with Gasteiger partial charge in [-0.2, -0.15) is 0 Å². The Morgan fingerprint density at radius 2 is 2.00 bits per heavy atom. The minimum atomic E-state index is 0.162. The maximum absolute atomic E-state index is 6.14. The van der Waals surface area contributed by atoms with E-state index in [0.29, 0.717) is 0 Å². The Morgan fingerprint density at radius 1 is 1.30 bits per heavy atom. The van der Waals surface area contributed by atoms with Crippen molar-refractivity contribution in [1.82, 2.24) is 0 Å². The highest BCUT2D eigenvalue weighted by atomic mass is 35.5. The molecule has 3 heteroatoms. The van der Waals surface area contributed by atoms with Crippen molar-refractivity contribution in [2.45, 2.75) is 51.5 Å². The molecule has 20 heavy (non-hydrogen) atoms. The molecule has 2 nitrogen and oxygen atoms in total. The lowest BCUT2D eigenvalue weighted by molar-refractivity contribution is 0.362. The quantitative estimate of drug-likeness (QED) is 0.880. The van der Waals surface area contributed by atoms with Crippen molar-refractivity contribution in [2.24, 2.45) is 11.7 Å². The molecule has 112 valence electrons. The number of nitrogens with zero attached hydrogens (tertiary/aromatic N) is 1. The van der Waals surface area contributed by atoms with Gasteiger partial charge in [0.1, 0.15) is 0 Å². The van der Waals surface area contributed by atoms with Gasteiger partial charge in [0.2, 0.25) is 0 Å². The van der Waals surface area contributed by atoms with Gasteiger partial charge < -0.3 is 10.6 Å². The van der Waals surface area contributed by atoms with Crippen LogP contribution in [0.15, 0.2) is 18.2 Å². The van der Waals surface area contributed by atoms with Crippen LogP contribution in [-0.4, -0.2) is 19.6 Å². The summed E-state index contributed by atoms with van der Waals surface area (Å²) in [7, 11) is 2.20. The predicted octanol–water partition coefficient (Wildman–Crippen LogP) is 4.25. The Kier molecular flexibility index (Phi) is 5.74. The number of anilines is 1. The van der Waals surface area contributed by atoms with Crippen molar-refractivity contribution in [3.63, 3.8) is 0 Å². The molecule has 0 heterocycles. The van der Waals surface area contributed by atoms with Crippen LogP contribution in [0.5, 0.6) is 0 Å². The largest absolute Gasteiger partial charge is 0.374 e. The second kappa shape index (κ2) is 7.33. The standard InChI is InChI=1S/C17H27ClN2/c1-13(19)10-15-11-16(18)8-9-17(15)20(2)12-14-6-4-3-5-7-14/h8-9,11,13-14H,3-7,10,12,19H2,1-2H3. The molecule has 0 saturated heterocycles. The molecule has 2 N–H and O–H groups in total. The van der Waals surface area contributed by atoms with Gasteiger partial charge in [-0.25, -0.2) is 0 Å². The van der Waals surface area contributed by atoms with Gasteiger partial charge in [0.25, 0.3) is 0 Å². The summed E-state index contributed by atoms with van der Waals surface area (Å²) in [5.74, 6) is 0.840. The number of nitrogens with two attached hydrogens (primary N) is 1. The van der Waals surface area contributed by atoms with Crippen LogP contribution >= 0.6 is 11.6 Å². The number of hydrogen-bond donors (Lipinski definition) is 1. The maximum Gasteiger partial charge on any atom is 0.0410 e. The first-order valence-corrected chi connectivity index (χ1v) is 8.19. The summed E-state index contributed by atoms with van der Waals surface area (Å²) < 4.78 is 0. The summed E-state index contributed by atoms with van der Waals surface area (Å²) in [5.41, 5.74) is 8.52. The third-order valence-electron chi connectivity index (χ3n) is 4.25. The van der Waals surface area contributed by atoms with Crippen molar-refractivity contribution >= 4 is 17.3 Å². The van der Waals surface area contributed by atoms with Crippen molar-refractivity contribution in [1.29, 1.82) is 0 Å². The number of benzene rings is 1. The Bertz CT molecular complexity index is 425. The van der Waals surface area contributed by atoms with E-state index in [1.54, 1.807) is 0 Å². The molecule has 0 bridgehead atoms.